The maximum atomic E-state index is 12.3. The van der Waals surface area contributed by atoms with E-state index in [2.05, 4.69) is 5.32 Å². The van der Waals surface area contributed by atoms with Gasteiger partial charge in [0, 0.05) is 23.9 Å². The zero-order valence-corrected chi connectivity index (χ0v) is 12.9. The van der Waals surface area contributed by atoms with Crippen molar-refractivity contribution in [3.05, 3.63) is 59.7 Å². The summed E-state index contributed by atoms with van der Waals surface area (Å²) < 4.78 is 0. The Balaban J connectivity index is 1.85. The predicted molar refractivity (Wildman–Crippen MR) is 88.5 cm³/mol. The average Bonchev–Trinajstić information content (AvgIpc) is 2.50. The van der Waals surface area contributed by atoms with Crippen LogP contribution in [0.15, 0.2) is 48.5 Å². The maximum absolute atomic E-state index is 12.3. The Kier molecular flexibility index (Phi) is 4.51. The smallest absolute Gasteiger partial charge is 0.221 e. The fourth-order valence-electron chi connectivity index (χ4n) is 2.92. The number of amides is 1. The highest BCUT2D eigenvalue weighted by molar-refractivity contribution is 5.78. The minimum atomic E-state index is -0.239. The molecule has 0 aromatic heterocycles. The molecular formula is C19H21NO3. The van der Waals surface area contributed by atoms with Gasteiger partial charge >= 0.3 is 0 Å². The Morgan fingerprint density at radius 3 is 2.39 bits per heavy atom. The number of carbonyl (C=O) groups is 1. The van der Waals surface area contributed by atoms with Crippen LogP contribution >= 0.6 is 0 Å². The molecule has 4 nitrogen and oxygen atoms in total. The number of aromatic hydroxyl groups is 2. The molecule has 0 bridgehead atoms. The van der Waals surface area contributed by atoms with E-state index in [9.17, 15) is 15.0 Å². The molecule has 120 valence electrons. The van der Waals surface area contributed by atoms with Crippen LogP contribution in [0.5, 0.6) is 11.5 Å². The van der Waals surface area contributed by atoms with Gasteiger partial charge in [0.25, 0.3) is 0 Å². The summed E-state index contributed by atoms with van der Waals surface area (Å²) in [6, 6.07) is 14.2. The van der Waals surface area contributed by atoms with E-state index < -0.39 is 0 Å². The van der Waals surface area contributed by atoms with Crippen LogP contribution in [0.3, 0.4) is 0 Å². The van der Waals surface area contributed by atoms with Crippen molar-refractivity contribution >= 4 is 5.91 Å². The van der Waals surface area contributed by atoms with Crippen LogP contribution in [0.4, 0.5) is 0 Å². The zero-order chi connectivity index (χ0) is 16.2. The Morgan fingerprint density at radius 1 is 1.09 bits per heavy atom. The lowest BCUT2D eigenvalue weighted by molar-refractivity contribution is -0.122. The van der Waals surface area contributed by atoms with Crippen molar-refractivity contribution in [3.63, 3.8) is 0 Å². The predicted octanol–water partition coefficient (Wildman–Crippen LogP) is 3.29. The molecule has 3 rings (SSSR count). The summed E-state index contributed by atoms with van der Waals surface area (Å²) in [6.07, 6.45) is 3.54. The molecule has 0 heterocycles. The van der Waals surface area contributed by atoms with Crippen molar-refractivity contribution in [2.24, 2.45) is 0 Å². The number of para-hydroxylation sites is 1. The van der Waals surface area contributed by atoms with Crippen LogP contribution in [0.2, 0.25) is 0 Å². The number of hydrogen-bond donors (Lipinski definition) is 3. The Bertz CT molecular complexity index is 677. The van der Waals surface area contributed by atoms with Gasteiger partial charge in [-0.1, -0.05) is 30.3 Å². The molecular weight excluding hydrogens is 290 g/mol. The first-order valence-electron chi connectivity index (χ1n) is 7.99. The minimum Gasteiger partial charge on any atom is -0.508 e. The summed E-state index contributed by atoms with van der Waals surface area (Å²) in [5.41, 5.74) is 1.62. The van der Waals surface area contributed by atoms with E-state index in [0.717, 1.165) is 24.0 Å². The molecule has 1 unspecified atom stereocenters. The Hall–Kier alpha value is -2.49. The molecule has 1 amide bonds. The Labute approximate surface area is 135 Å². The second-order valence-corrected chi connectivity index (χ2v) is 6.10. The molecule has 1 fully saturated rings. The van der Waals surface area contributed by atoms with Gasteiger partial charge in [-0.2, -0.15) is 0 Å². The first-order valence-corrected chi connectivity index (χ1v) is 7.99. The molecule has 23 heavy (non-hydrogen) atoms. The lowest BCUT2D eigenvalue weighted by Gasteiger charge is -2.27. The van der Waals surface area contributed by atoms with E-state index in [0.29, 0.717) is 6.04 Å². The van der Waals surface area contributed by atoms with E-state index in [4.69, 9.17) is 0 Å². The molecule has 2 aromatic carbocycles. The van der Waals surface area contributed by atoms with E-state index in [1.54, 1.807) is 36.4 Å². The van der Waals surface area contributed by atoms with Crippen LogP contribution in [-0.4, -0.2) is 22.2 Å². The van der Waals surface area contributed by atoms with Gasteiger partial charge in [0.15, 0.2) is 0 Å². The van der Waals surface area contributed by atoms with Crippen molar-refractivity contribution in [1.82, 2.24) is 5.32 Å². The van der Waals surface area contributed by atoms with Gasteiger partial charge in [0.05, 0.1) is 0 Å². The second kappa shape index (κ2) is 6.73. The molecule has 0 aliphatic heterocycles. The fraction of sp³-hybridized carbons (Fsp3) is 0.316. The summed E-state index contributed by atoms with van der Waals surface area (Å²) in [7, 11) is 0. The third-order valence-corrected chi connectivity index (χ3v) is 4.47. The maximum Gasteiger partial charge on any atom is 0.221 e. The standard InChI is InChI=1S/C19H21NO3/c21-15-10-8-13(9-11-15)17(16-6-1-2-7-18(16)22)12-19(23)20-14-4-3-5-14/h1-2,6-11,14,17,21-22H,3-5,12H2,(H,20,23). The van der Waals surface area contributed by atoms with Crippen molar-refractivity contribution in [2.45, 2.75) is 37.6 Å². The number of phenolic OH excluding ortho intramolecular Hbond substituents is 2. The normalized spacial score (nSPS) is 15.7. The second-order valence-electron chi connectivity index (χ2n) is 6.10. The number of carbonyl (C=O) groups excluding carboxylic acids is 1. The monoisotopic (exact) mass is 311 g/mol. The molecule has 0 saturated heterocycles. The van der Waals surface area contributed by atoms with E-state index in [-0.39, 0.29) is 29.7 Å². The number of phenols is 2. The highest BCUT2D eigenvalue weighted by atomic mass is 16.3. The van der Waals surface area contributed by atoms with Gasteiger partial charge in [0.2, 0.25) is 5.91 Å². The average molecular weight is 311 g/mol. The van der Waals surface area contributed by atoms with Crippen molar-refractivity contribution in [3.8, 4) is 11.5 Å². The summed E-state index contributed by atoms with van der Waals surface area (Å²) in [6.45, 7) is 0. The highest BCUT2D eigenvalue weighted by Crippen LogP contribution is 2.34. The lowest BCUT2D eigenvalue weighted by Crippen LogP contribution is -2.40. The number of rotatable bonds is 5. The van der Waals surface area contributed by atoms with E-state index in [1.165, 1.54) is 6.42 Å². The number of benzene rings is 2. The summed E-state index contributed by atoms with van der Waals surface area (Å²) in [5.74, 6) is 0.124. The summed E-state index contributed by atoms with van der Waals surface area (Å²) >= 11 is 0. The first kappa shape index (κ1) is 15.4. The first-order chi connectivity index (χ1) is 11.1. The Morgan fingerprint density at radius 2 is 1.78 bits per heavy atom. The van der Waals surface area contributed by atoms with Crippen LogP contribution in [-0.2, 0) is 4.79 Å². The van der Waals surface area contributed by atoms with Gasteiger partial charge in [-0.25, -0.2) is 0 Å². The van der Waals surface area contributed by atoms with Gasteiger partial charge < -0.3 is 15.5 Å². The molecule has 0 radical (unpaired) electrons. The SMILES string of the molecule is O=C(CC(c1ccc(O)cc1)c1ccccc1O)NC1CCC1. The molecule has 1 aliphatic rings. The summed E-state index contributed by atoms with van der Waals surface area (Å²) in [4.78, 5) is 12.3. The van der Waals surface area contributed by atoms with Crippen molar-refractivity contribution in [1.29, 1.82) is 0 Å². The van der Waals surface area contributed by atoms with Crippen molar-refractivity contribution in [2.75, 3.05) is 0 Å². The fourth-order valence-corrected chi connectivity index (χ4v) is 2.92. The lowest BCUT2D eigenvalue weighted by atomic mass is 9.87. The molecule has 1 aliphatic carbocycles. The zero-order valence-electron chi connectivity index (χ0n) is 12.9. The number of hydrogen-bond acceptors (Lipinski definition) is 3. The van der Waals surface area contributed by atoms with Gasteiger partial charge in [-0.15, -0.1) is 0 Å². The van der Waals surface area contributed by atoms with Crippen molar-refractivity contribution < 1.29 is 15.0 Å². The summed E-state index contributed by atoms with van der Waals surface area (Å²) in [5, 5.41) is 22.7. The molecule has 1 saturated carbocycles. The molecule has 1 atom stereocenters. The van der Waals surface area contributed by atoms with Crippen LogP contribution < -0.4 is 5.32 Å². The molecule has 0 spiro atoms. The minimum absolute atomic E-state index is 0.00368. The third kappa shape index (κ3) is 3.65. The molecule has 2 aromatic rings. The van der Waals surface area contributed by atoms with Crippen LogP contribution in [0.1, 0.15) is 42.7 Å². The van der Waals surface area contributed by atoms with Gasteiger partial charge in [-0.3, -0.25) is 4.79 Å². The topological polar surface area (TPSA) is 69.6 Å². The van der Waals surface area contributed by atoms with E-state index in [1.807, 2.05) is 12.1 Å². The number of nitrogens with one attached hydrogen (secondary N) is 1. The van der Waals surface area contributed by atoms with Crippen LogP contribution in [0.25, 0.3) is 0 Å². The third-order valence-electron chi connectivity index (χ3n) is 4.47. The largest absolute Gasteiger partial charge is 0.508 e. The molecule has 3 N–H and O–H groups in total. The quantitative estimate of drug-likeness (QED) is 0.793. The van der Waals surface area contributed by atoms with Gasteiger partial charge in [0.1, 0.15) is 11.5 Å². The molecule has 4 heteroatoms. The van der Waals surface area contributed by atoms with Gasteiger partial charge in [-0.05, 0) is 43.0 Å². The van der Waals surface area contributed by atoms with E-state index >= 15 is 0 Å². The van der Waals surface area contributed by atoms with Crippen LogP contribution in [0, 0.1) is 0 Å². The highest BCUT2D eigenvalue weighted by Gasteiger charge is 2.24.